The van der Waals surface area contributed by atoms with Crippen molar-refractivity contribution in [2.75, 3.05) is 0 Å². The topological polar surface area (TPSA) is 147 Å². The Morgan fingerprint density at radius 3 is 1.39 bits per heavy atom. The molecule has 4 N–H and O–H groups in total. The van der Waals surface area contributed by atoms with E-state index in [9.17, 15) is 24.0 Å². The predicted molar refractivity (Wildman–Crippen MR) is 57.7 cm³/mol. The van der Waals surface area contributed by atoms with Crippen molar-refractivity contribution in [3.05, 3.63) is 0 Å². The van der Waals surface area contributed by atoms with Gasteiger partial charge in [0.25, 0.3) is 0 Å². The molecule has 0 aromatic rings. The molecule has 0 rings (SSSR count). The van der Waals surface area contributed by atoms with Crippen molar-refractivity contribution < 1.29 is 28.7 Å². The smallest absolute Gasteiger partial charge is 0.304 e. The van der Waals surface area contributed by atoms with Crippen LogP contribution in [-0.4, -0.2) is 35.0 Å². The van der Waals surface area contributed by atoms with Crippen LogP contribution in [0.2, 0.25) is 0 Å². The van der Waals surface area contributed by atoms with Crippen LogP contribution < -0.4 is 11.5 Å². The number of carbonyl (C=O) groups is 5. The first-order valence-corrected chi connectivity index (χ1v) is 4.87. The molecule has 100 valence electrons. The van der Waals surface area contributed by atoms with Gasteiger partial charge < -0.3 is 16.2 Å². The zero-order chi connectivity index (χ0) is 14.7. The standard InChI is InChI=1S/C10H14N2O6/c1-4(13)10(5(2)14,18-6(3)15)7(8(11)16)9(12)17/h7H,1-3H3,(H2,11,16)(H2,12,17). The molecule has 2 amide bonds. The maximum atomic E-state index is 11.6. The van der Waals surface area contributed by atoms with E-state index in [2.05, 4.69) is 4.74 Å². The van der Waals surface area contributed by atoms with Crippen molar-refractivity contribution in [2.45, 2.75) is 26.4 Å². The number of ether oxygens (including phenoxy) is 1. The minimum Gasteiger partial charge on any atom is -0.442 e. The van der Waals surface area contributed by atoms with Crippen molar-refractivity contribution in [2.24, 2.45) is 17.4 Å². The van der Waals surface area contributed by atoms with E-state index < -0.39 is 40.9 Å². The van der Waals surface area contributed by atoms with Gasteiger partial charge in [-0.3, -0.25) is 24.0 Å². The first-order valence-electron chi connectivity index (χ1n) is 4.87. The van der Waals surface area contributed by atoms with Crippen LogP contribution in [0.15, 0.2) is 0 Å². The van der Waals surface area contributed by atoms with Gasteiger partial charge in [-0.2, -0.15) is 0 Å². The SMILES string of the molecule is CC(=O)OC(C(C)=O)(C(C)=O)C(C(N)=O)C(N)=O. The second-order valence-corrected chi connectivity index (χ2v) is 3.68. The number of rotatable bonds is 6. The summed E-state index contributed by atoms with van der Waals surface area (Å²) in [5.41, 5.74) is 7.29. The Hall–Kier alpha value is -2.25. The quantitative estimate of drug-likeness (QED) is 0.418. The highest BCUT2D eigenvalue weighted by Crippen LogP contribution is 2.25. The molecule has 0 aliphatic carbocycles. The fourth-order valence-corrected chi connectivity index (χ4v) is 1.62. The number of esters is 1. The van der Waals surface area contributed by atoms with Crippen LogP contribution in [0.3, 0.4) is 0 Å². The number of primary amides is 2. The lowest BCUT2D eigenvalue weighted by Gasteiger charge is -2.31. The minimum atomic E-state index is -2.59. The zero-order valence-electron chi connectivity index (χ0n) is 10.2. The molecule has 0 unspecified atom stereocenters. The van der Waals surface area contributed by atoms with E-state index in [1.54, 1.807) is 0 Å². The average Bonchev–Trinajstić information content (AvgIpc) is 2.13. The minimum absolute atomic E-state index is 0.892. The summed E-state index contributed by atoms with van der Waals surface area (Å²) in [4.78, 5) is 56.6. The fourth-order valence-electron chi connectivity index (χ4n) is 1.62. The van der Waals surface area contributed by atoms with Crippen LogP contribution in [0.5, 0.6) is 0 Å². The average molecular weight is 258 g/mol. The molecule has 0 spiro atoms. The first kappa shape index (κ1) is 15.8. The first-order chi connectivity index (χ1) is 8.07. The van der Waals surface area contributed by atoms with E-state index in [0.717, 1.165) is 20.8 Å². The molecule has 8 nitrogen and oxygen atoms in total. The molecule has 0 aromatic carbocycles. The summed E-state index contributed by atoms with van der Waals surface area (Å²) in [5.74, 6) is -7.73. The van der Waals surface area contributed by atoms with E-state index in [0.29, 0.717) is 0 Å². The zero-order valence-corrected chi connectivity index (χ0v) is 10.2. The van der Waals surface area contributed by atoms with Crippen LogP contribution in [0.25, 0.3) is 0 Å². The molecule has 0 aliphatic rings. The van der Waals surface area contributed by atoms with E-state index in [1.807, 2.05) is 0 Å². The van der Waals surface area contributed by atoms with Gasteiger partial charge in [-0.05, 0) is 13.8 Å². The lowest BCUT2D eigenvalue weighted by Crippen LogP contribution is -2.61. The number of hydrogen-bond donors (Lipinski definition) is 2. The summed E-state index contributed by atoms with van der Waals surface area (Å²) < 4.78 is 4.61. The van der Waals surface area contributed by atoms with Crippen LogP contribution in [0, 0.1) is 5.92 Å². The Labute approximate surface area is 103 Å². The lowest BCUT2D eigenvalue weighted by atomic mass is 9.79. The third kappa shape index (κ3) is 2.70. The largest absolute Gasteiger partial charge is 0.442 e. The molecule has 0 radical (unpaired) electrons. The Morgan fingerprint density at radius 2 is 1.22 bits per heavy atom. The third-order valence-electron chi connectivity index (χ3n) is 2.33. The van der Waals surface area contributed by atoms with E-state index in [4.69, 9.17) is 11.5 Å². The Morgan fingerprint density at radius 1 is 0.889 bits per heavy atom. The summed E-state index contributed by atoms with van der Waals surface area (Å²) in [6.07, 6.45) is 0. The number of Topliss-reactive ketones (excluding diaryl/α,β-unsaturated/α-hetero) is 2. The highest BCUT2D eigenvalue weighted by molar-refractivity contribution is 6.18. The molecular formula is C10H14N2O6. The van der Waals surface area contributed by atoms with Crippen molar-refractivity contribution in [1.82, 2.24) is 0 Å². The van der Waals surface area contributed by atoms with Gasteiger partial charge in [0.05, 0.1) is 0 Å². The van der Waals surface area contributed by atoms with E-state index in [-0.39, 0.29) is 0 Å². The summed E-state index contributed by atoms with van der Waals surface area (Å²) in [5, 5.41) is 0. The summed E-state index contributed by atoms with van der Waals surface area (Å²) in [6, 6.07) is 0. The Kier molecular flexibility index (Phi) is 4.71. The van der Waals surface area contributed by atoms with Crippen LogP contribution in [-0.2, 0) is 28.7 Å². The second-order valence-electron chi connectivity index (χ2n) is 3.68. The second kappa shape index (κ2) is 5.39. The molecule has 0 heterocycles. The number of ketones is 2. The molecule has 0 bridgehead atoms. The van der Waals surface area contributed by atoms with Crippen LogP contribution in [0.4, 0.5) is 0 Å². The van der Waals surface area contributed by atoms with Crippen molar-refractivity contribution in [1.29, 1.82) is 0 Å². The van der Waals surface area contributed by atoms with Gasteiger partial charge in [0.2, 0.25) is 17.4 Å². The molecular weight excluding hydrogens is 244 g/mol. The van der Waals surface area contributed by atoms with Gasteiger partial charge in [-0.25, -0.2) is 0 Å². The molecule has 0 atom stereocenters. The Bertz CT molecular complexity index is 400. The molecule has 8 heteroatoms. The summed E-state index contributed by atoms with van der Waals surface area (Å²) in [6.45, 7) is 2.70. The maximum absolute atomic E-state index is 11.6. The monoisotopic (exact) mass is 258 g/mol. The van der Waals surface area contributed by atoms with Gasteiger partial charge >= 0.3 is 5.97 Å². The van der Waals surface area contributed by atoms with Gasteiger partial charge in [-0.15, -0.1) is 0 Å². The molecule has 18 heavy (non-hydrogen) atoms. The molecule has 0 fully saturated rings. The molecule has 0 aromatic heterocycles. The highest BCUT2D eigenvalue weighted by atomic mass is 16.6. The molecule has 0 aliphatic heterocycles. The van der Waals surface area contributed by atoms with Crippen LogP contribution >= 0.6 is 0 Å². The lowest BCUT2D eigenvalue weighted by molar-refractivity contribution is -0.179. The van der Waals surface area contributed by atoms with Crippen molar-refractivity contribution >= 4 is 29.4 Å². The molecule has 0 saturated heterocycles. The number of hydrogen-bond acceptors (Lipinski definition) is 6. The number of nitrogens with two attached hydrogens (primary N) is 2. The third-order valence-corrected chi connectivity index (χ3v) is 2.33. The van der Waals surface area contributed by atoms with Gasteiger partial charge in [0, 0.05) is 6.92 Å². The van der Waals surface area contributed by atoms with Gasteiger partial charge in [0.1, 0.15) is 0 Å². The number of carbonyl (C=O) groups excluding carboxylic acids is 5. The highest BCUT2D eigenvalue weighted by Gasteiger charge is 2.56. The normalized spacial score (nSPS) is 10.9. The van der Waals surface area contributed by atoms with Crippen molar-refractivity contribution in [3.8, 4) is 0 Å². The predicted octanol–water partition coefficient (Wildman–Crippen LogP) is -1.95. The van der Waals surface area contributed by atoms with E-state index >= 15 is 0 Å². The van der Waals surface area contributed by atoms with Gasteiger partial charge in [0.15, 0.2) is 17.5 Å². The van der Waals surface area contributed by atoms with Gasteiger partial charge in [-0.1, -0.05) is 0 Å². The van der Waals surface area contributed by atoms with E-state index in [1.165, 1.54) is 0 Å². The Balaban J connectivity index is 6.05. The fraction of sp³-hybridized carbons (Fsp3) is 0.500. The maximum Gasteiger partial charge on any atom is 0.304 e. The van der Waals surface area contributed by atoms with Crippen molar-refractivity contribution in [3.63, 3.8) is 0 Å². The summed E-state index contributed by atoms with van der Waals surface area (Å²) in [7, 11) is 0. The number of amides is 2. The summed E-state index contributed by atoms with van der Waals surface area (Å²) >= 11 is 0. The molecule has 0 saturated carbocycles. The van der Waals surface area contributed by atoms with Crippen LogP contribution in [0.1, 0.15) is 20.8 Å².